The fourth-order valence-corrected chi connectivity index (χ4v) is 7.89. The molecule has 2 saturated carbocycles. The van der Waals surface area contributed by atoms with E-state index in [1.807, 2.05) is 0 Å². The lowest BCUT2D eigenvalue weighted by Gasteiger charge is -2.68. The fourth-order valence-electron chi connectivity index (χ4n) is 7.89. The highest BCUT2D eigenvalue weighted by molar-refractivity contribution is 6.20. The smallest absolute Gasteiger partial charge is 0.322 e. The molecule has 3 fully saturated rings. The Morgan fingerprint density at radius 2 is 1.66 bits per heavy atom. The van der Waals surface area contributed by atoms with Gasteiger partial charge in [0.15, 0.2) is 23.1 Å². The summed E-state index contributed by atoms with van der Waals surface area (Å²) in [5.41, 5.74) is -8.87. The van der Waals surface area contributed by atoms with Crippen molar-refractivity contribution in [1.82, 2.24) is 0 Å². The Hall–Kier alpha value is -2.81. The number of hydrogen-bond acceptors (Lipinski definition) is 9. The molecule has 190 valence electrons. The summed E-state index contributed by atoms with van der Waals surface area (Å²) < 4.78 is 10.4. The molecule has 3 aliphatic carbocycles. The number of fused-ring (bicyclic) bond motifs is 5. The number of ether oxygens (including phenoxy) is 2. The summed E-state index contributed by atoms with van der Waals surface area (Å²) in [6.45, 7) is 12.9. The minimum atomic E-state index is -2.42. The molecule has 9 nitrogen and oxygen atoms in total. The highest BCUT2D eigenvalue weighted by Crippen LogP contribution is 2.74. The van der Waals surface area contributed by atoms with E-state index in [0.29, 0.717) is 0 Å². The molecule has 4 rings (SSSR count). The summed E-state index contributed by atoms with van der Waals surface area (Å²) in [4.78, 5) is 68.3. The predicted molar refractivity (Wildman–Crippen MR) is 121 cm³/mol. The third-order valence-electron chi connectivity index (χ3n) is 9.89. The van der Waals surface area contributed by atoms with Crippen LogP contribution < -0.4 is 0 Å². The average Bonchev–Trinajstić information content (AvgIpc) is 2.77. The van der Waals surface area contributed by atoms with Crippen molar-refractivity contribution in [2.75, 3.05) is 7.11 Å². The van der Waals surface area contributed by atoms with Crippen molar-refractivity contribution in [1.29, 1.82) is 0 Å². The van der Waals surface area contributed by atoms with Crippen molar-refractivity contribution in [3.05, 3.63) is 23.5 Å². The van der Waals surface area contributed by atoms with Crippen LogP contribution in [0.5, 0.6) is 0 Å². The number of aliphatic hydroxyl groups excluding tert-OH is 2. The van der Waals surface area contributed by atoms with Crippen molar-refractivity contribution in [3.8, 4) is 0 Å². The quantitative estimate of drug-likeness (QED) is 0.322. The lowest BCUT2D eigenvalue weighted by molar-refractivity contribution is -0.228. The maximum Gasteiger partial charge on any atom is 0.322 e. The summed E-state index contributed by atoms with van der Waals surface area (Å²) in [5.74, 6) is -5.91. The molecule has 0 spiro atoms. The van der Waals surface area contributed by atoms with E-state index in [1.54, 1.807) is 20.8 Å². The molecule has 0 aromatic rings. The Morgan fingerprint density at radius 1 is 1.09 bits per heavy atom. The van der Waals surface area contributed by atoms with Crippen LogP contribution in [0.2, 0.25) is 0 Å². The van der Waals surface area contributed by atoms with Crippen molar-refractivity contribution < 1.29 is 43.7 Å². The van der Waals surface area contributed by atoms with Gasteiger partial charge in [-0.2, -0.15) is 0 Å². The van der Waals surface area contributed by atoms with E-state index in [9.17, 15) is 34.2 Å². The van der Waals surface area contributed by atoms with Gasteiger partial charge in [-0.1, -0.05) is 26.0 Å². The van der Waals surface area contributed by atoms with Crippen LogP contribution in [-0.4, -0.2) is 58.8 Å². The third-order valence-corrected chi connectivity index (χ3v) is 9.89. The van der Waals surface area contributed by atoms with Gasteiger partial charge in [0.2, 0.25) is 5.78 Å². The predicted octanol–water partition coefficient (Wildman–Crippen LogP) is 2.01. The Bertz CT molecular complexity index is 1160. The topological polar surface area (TPSA) is 144 Å². The highest BCUT2D eigenvalue weighted by atomic mass is 16.6. The maximum absolute atomic E-state index is 14.2. The van der Waals surface area contributed by atoms with Gasteiger partial charge in [0.1, 0.15) is 11.2 Å². The molecule has 9 heteroatoms. The molecule has 2 N–H and O–H groups in total. The van der Waals surface area contributed by atoms with E-state index in [1.165, 1.54) is 20.8 Å². The number of cyclic esters (lactones) is 1. The number of ketones is 3. The Kier molecular flexibility index (Phi) is 4.98. The largest absolute Gasteiger partial charge is 0.504 e. The summed E-state index contributed by atoms with van der Waals surface area (Å²) in [6, 6.07) is 0. The number of hydrogen-bond donors (Lipinski definition) is 2. The van der Waals surface area contributed by atoms with Crippen LogP contribution in [0.15, 0.2) is 23.5 Å². The molecule has 1 heterocycles. The normalized spacial score (nSPS) is 44.8. The molecular weight excluding hydrogens is 456 g/mol. The number of methoxy groups -OCH3 is 1. The van der Waals surface area contributed by atoms with Gasteiger partial charge >= 0.3 is 11.9 Å². The molecule has 1 aliphatic heterocycles. The zero-order valence-corrected chi connectivity index (χ0v) is 21.1. The standard InChI is InChI=1S/C26H32O9/c1-11-9-13-23(5)15(28)10-14(27)22(3,4)17(23)16(29)19(31)25(13,7)26(21(33)34-8)18(30)12(2)35-20(32)24(11,26)6/h12-13,15,28-29H,1,9-10H2,2-8H3/t12-,13+,15+,23+,24-,25+,26+/m1/s1. The van der Waals surface area contributed by atoms with Gasteiger partial charge in [-0.3, -0.25) is 24.0 Å². The van der Waals surface area contributed by atoms with E-state index < -0.39 is 74.5 Å². The summed E-state index contributed by atoms with van der Waals surface area (Å²) in [7, 11) is 1.05. The zero-order valence-electron chi connectivity index (χ0n) is 21.1. The number of esters is 2. The molecular formula is C26H32O9. The van der Waals surface area contributed by atoms with Gasteiger partial charge in [0, 0.05) is 17.3 Å². The maximum atomic E-state index is 14.2. The second-order valence-electron chi connectivity index (χ2n) is 11.4. The van der Waals surface area contributed by atoms with Gasteiger partial charge in [-0.05, 0) is 45.6 Å². The molecule has 0 bridgehead atoms. The average molecular weight is 489 g/mol. The molecule has 0 unspecified atom stereocenters. The van der Waals surface area contributed by atoms with Crippen LogP contribution in [0.3, 0.4) is 0 Å². The Labute approximate surface area is 203 Å². The molecule has 1 saturated heterocycles. The number of Topliss-reactive ketones (excluding diaryl/α,β-unsaturated/α-hetero) is 3. The van der Waals surface area contributed by atoms with Crippen LogP contribution in [0, 0.1) is 33.0 Å². The van der Waals surface area contributed by atoms with E-state index in [4.69, 9.17) is 9.47 Å². The van der Waals surface area contributed by atoms with Crippen LogP contribution in [0.1, 0.15) is 54.4 Å². The zero-order chi connectivity index (χ0) is 26.7. The number of rotatable bonds is 1. The first kappa shape index (κ1) is 25.3. The minimum absolute atomic E-state index is 0.0388. The molecule has 0 amide bonds. The van der Waals surface area contributed by atoms with Gasteiger partial charge in [-0.25, -0.2) is 0 Å². The van der Waals surface area contributed by atoms with E-state index in [2.05, 4.69) is 6.58 Å². The number of allylic oxidation sites excluding steroid dienone is 1. The van der Waals surface area contributed by atoms with Crippen LogP contribution in [0.25, 0.3) is 0 Å². The summed E-state index contributed by atoms with van der Waals surface area (Å²) >= 11 is 0. The highest BCUT2D eigenvalue weighted by Gasteiger charge is 2.85. The molecule has 0 aromatic heterocycles. The van der Waals surface area contributed by atoms with E-state index >= 15 is 0 Å². The lowest BCUT2D eigenvalue weighted by atomic mass is 9.32. The summed E-state index contributed by atoms with van der Waals surface area (Å²) in [6.07, 6.45) is -2.99. The van der Waals surface area contributed by atoms with Crippen molar-refractivity contribution in [2.45, 2.75) is 66.6 Å². The first-order chi connectivity index (χ1) is 15.9. The van der Waals surface area contributed by atoms with E-state index in [-0.39, 0.29) is 29.8 Å². The summed E-state index contributed by atoms with van der Waals surface area (Å²) in [5, 5.41) is 22.7. The van der Waals surface area contributed by atoms with Gasteiger partial charge < -0.3 is 19.7 Å². The molecule has 7 atom stereocenters. The molecule has 0 aromatic carbocycles. The van der Waals surface area contributed by atoms with Crippen LogP contribution in [-0.2, 0) is 33.4 Å². The van der Waals surface area contributed by atoms with Gasteiger partial charge in [0.05, 0.1) is 18.6 Å². The van der Waals surface area contributed by atoms with Gasteiger partial charge in [0.25, 0.3) is 0 Å². The molecule has 0 radical (unpaired) electrons. The SMILES string of the molecule is C=C1C[C@H]2[C@]3(C)C(=C(O)C(=O)[C@@]2(C)[C@]2(C(=O)OC)C(=O)[C@@H](C)OC(=O)[C@@]12C)C(C)(C)C(=O)C[C@@H]3O. The third kappa shape index (κ3) is 2.31. The molecule has 4 aliphatic rings. The first-order valence-corrected chi connectivity index (χ1v) is 11.7. The van der Waals surface area contributed by atoms with Crippen molar-refractivity contribution >= 4 is 29.3 Å². The van der Waals surface area contributed by atoms with Crippen molar-refractivity contribution in [2.24, 2.45) is 33.0 Å². The number of carbonyl (C=O) groups excluding carboxylic acids is 5. The van der Waals surface area contributed by atoms with Crippen molar-refractivity contribution in [3.63, 3.8) is 0 Å². The second kappa shape index (κ2) is 6.90. The Balaban J connectivity index is 2.21. The monoisotopic (exact) mass is 488 g/mol. The van der Waals surface area contributed by atoms with Crippen LogP contribution in [0.4, 0.5) is 0 Å². The fraction of sp³-hybridized carbons (Fsp3) is 0.654. The second-order valence-corrected chi connectivity index (χ2v) is 11.4. The number of carbonyl (C=O) groups is 5. The van der Waals surface area contributed by atoms with Gasteiger partial charge in [-0.15, -0.1) is 0 Å². The molecule has 35 heavy (non-hydrogen) atoms. The lowest BCUT2D eigenvalue weighted by Crippen LogP contribution is -2.78. The van der Waals surface area contributed by atoms with E-state index in [0.717, 1.165) is 7.11 Å². The Morgan fingerprint density at radius 3 is 2.20 bits per heavy atom. The first-order valence-electron chi connectivity index (χ1n) is 11.7. The number of aliphatic hydroxyl groups is 2. The minimum Gasteiger partial charge on any atom is -0.504 e. The van der Waals surface area contributed by atoms with Crippen LogP contribution >= 0.6 is 0 Å².